The van der Waals surface area contributed by atoms with Gasteiger partial charge in [-0.1, -0.05) is 6.42 Å². The van der Waals surface area contributed by atoms with E-state index >= 15 is 0 Å². The average molecular weight is 410 g/mol. The van der Waals surface area contributed by atoms with E-state index in [1.807, 2.05) is 0 Å². The second kappa shape index (κ2) is 8.65. The molecular weight excluding hydrogens is 384 g/mol. The lowest BCUT2D eigenvalue weighted by molar-refractivity contribution is -0.118. The molecule has 7 nitrogen and oxygen atoms in total. The Morgan fingerprint density at radius 3 is 2.57 bits per heavy atom. The molecule has 2 amide bonds. The van der Waals surface area contributed by atoms with Gasteiger partial charge in [0.05, 0.1) is 20.5 Å². The predicted octanol–water partition coefficient (Wildman–Crippen LogP) is 3.37. The van der Waals surface area contributed by atoms with Gasteiger partial charge >= 0.3 is 0 Å². The first-order valence-corrected chi connectivity index (χ1v) is 10.2. The number of carbonyl (C=O) groups is 2. The summed E-state index contributed by atoms with van der Waals surface area (Å²) in [4.78, 5) is 25.9. The van der Waals surface area contributed by atoms with Crippen LogP contribution in [0, 0.1) is 11.8 Å². The minimum Gasteiger partial charge on any atom is -0.493 e. The van der Waals surface area contributed by atoms with Crippen LogP contribution >= 0.6 is 0 Å². The molecule has 0 radical (unpaired) electrons. The molecule has 2 N–H and O–H groups in total. The average Bonchev–Trinajstić information content (AvgIpc) is 3.51. The van der Waals surface area contributed by atoms with Crippen molar-refractivity contribution in [2.75, 3.05) is 14.2 Å². The van der Waals surface area contributed by atoms with E-state index < -0.39 is 5.91 Å². The number of hydrogen-bond donors (Lipinski definition) is 2. The summed E-state index contributed by atoms with van der Waals surface area (Å²) < 4.78 is 15.8. The molecule has 1 heterocycles. The van der Waals surface area contributed by atoms with Crippen LogP contribution in [-0.2, 0) is 4.79 Å². The molecule has 3 atom stereocenters. The molecule has 2 aliphatic rings. The summed E-state index contributed by atoms with van der Waals surface area (Å²) >= 11 is 0. The van der Waals surface area contributed by atoms with E-state index in [0.717, 1.165) is 12.8 Å². The summed E-state index contributed by atoms with van der Waals surface area (Å²) in [5, 5.41) is 5.84. The molecule has 2 aliphatic carbocycles. The Bertz CT molecular complexity index is 951. The van der Waals surface area contributed by atoms with Gasteiger partial charge in [0.15, 0.2) is 11.5 Å². The molecule has 0 unspecified atom stereocenters. The molecular formula is C23H26N2O5. The Morgan fingerprint density at radius 1 is 1.10 bits per heavy atom. The van der Waals surface area contributed by atoms with Crippen LogP contribution in [0.5, 0.6) is 11.5 Å². The first-order valence-electron chi connectivity index (χ1n) is 10.2. The van der Waals surface area contributed by atoms with Crippen LogP contribution < -0.4 is 20.1 Å². The van der Waals surface area contributed by atoms with E-state index in [1.165, 1.54) is 33.3 Å². The van der Waals surface area contributed by atoms with E-state index in [2.05, 4.69) is 10.6 Å². The lowest BCUT2D eigenvalue weighted by Crippen LogP contribution is -2.42. The van der Waals surface area contributed by atoms with Gasteiger partial charge in [-0.05, 0) is 61.4 Å². The van der Waals surface area contributed by atoms with Crippen LogP contribution in [-0.4, -0.2) is 32.1 Å². The van der Waals surface area contributed by atoms with Gasteiger partial charge < -0.3 is 24.5 Å². The normalized spacial score (nSPS) is 22.6. The standard InChI is InChI=1S/C23H26N2O5/c1-28-20-8-7-16(12-21(20)29-2)22(26)25-19(13-17-4-3-9-30-17)23(27)24-18-11-14-5-6-15(18)10-14/h3-4,7-9,12-15,18H,5-6,10-11H2,1-2H3,(H,24,27)(H,25,26)/b19-13-/t14-,15-,18+/m1/s1. The molecule has 7 heteroatoms. The van der Waals surface area contributed by atoms with Gasteiger partial charge in [0.1, 0.15) is 11.5 Å². The number of carbonyl (C=O) groups excluding carboxylic acids is 2. The quantitative estimate of drug-likeness (QED) is 0.683. The molecule has 0 spiro atoms. The lowest BCUT2D eigenvalue weighted by Gasteiger charge is -2.23. The van der Waals surface area contributed by atoms with E-state index in [1.54, 1.807) is 36.4 Å². The maximum atomic E-state index is 13.0. The van der Waals surface area contributed by atoms with Crippen molar-refractivity contribution >= 4 is 17.9 Å². The molecule has 0 aliphatic heterocycles. The highest BCUT2D eigenvalue weighted by molar-refractivity contribution is 6.05. The van der Waals surface area contributed by atoms with Crippen molar-refractivity contribution in [1.29, 1.82) is 0 Å². The van der Waals surface area contributed by atoms with E-state index in [9.17, 15) is 9.59 Å². The molecule has 30 heavy (non-hydrogen) atoms. The van der Waals surface area contributed by atoms with Gasteiger partial charge in [-0.2, -0.15) is 0 Å². The van der Waals surface area contributed by atoms with E-state index in [4.69, 9.17) is 13.9 Å². The second-order valence-electron chi connectivity index (χ2n) is 7.85. The summed E-state index contributed by atoms with van der Waals surface area (Å²) in [5.74, 6) is 1.96. The minimum absolute atomic E-state index is 0.146. The van der Waals surface area contributed by atoms with Crippen molar-refractivity contribution in [3.63, 3.8) is 0 Å². The van der Waals surface area contributed by atoms with Crippen molar-refractivity contribution in [1.82, 2.24) is 10.6 Å². The van der Waals surface area contributed by atoms with Crippen LogP contribution in [0.1, 0.15) is 41.8 Å². The zero-order valence-corrected chi connectivity index (χ0v) is 17.1. The zero-order valence-electron chi connectivity index (χ0n) is 17.1. The predicted molar refractivity (Wildman–Crippen MR) is 111 cm³/mol. The number of hydrogen-bond acceptors (Lipinski definition) is 5. The van der Waals surface area contributed by atoms with Gasteiger partial charge in [0.25, 0.3) is 11.8 Å². The Morgan fingerprint density at radius 2 is 1.93 bits per heavy atom. The highest BCUT2D eigenvalue weighted by Crippen LogP contribution is 2.44. The van der Waals surface area contributed by atoms with Crippen molar-refractivity contribution in [3.8, 4) is 11.5 Å². The Hall–Kier alpha value is -3.22. The minimum atomic E-state index is -0.420. The Balaban J connectivity index is 1.53. The molecule has 2 saturated carbocycles. The Kier molecular flexibility index (Phi) is 5.79. The summed E-state index contributed by atoms with van der Waals surface area (Å²) in [7, 11) is 3.03. The van der Waals surface area contributed by atoms with Crippen LogP contribution in [0.15, 0.2) is 46.7 Å². The fraction of sp³-hybridized carbons (Fsp3) is 0.391. The molecule has 4 rings (SSSR count). The second-order valence-corrected chi connectivity index (χ2v) is 7.85. The number of nitrogens with one attached hydrogen (secondary N) is 2. The van der Waals surface area contributed by atoms with Gasteiger partial charge in [-0.15, -0.1) is 0 Å². The zero-order chi connectivity index (χ0) is 21.1. The van der Waals surface area contributed by atoms with Gasteiger partial charge in [-0.25, -0.2) is 0 Å². The molecule has 0 saturated heterocycles. The number of methoxy groups -OCH3 is 2. The van der Waals surface area contributed by atoms with Gasteiger partial charge in [0, 0.05) is 17.7 Å². The number of ether oxygens (including phenoxy) is 2. The third kappa shape index (κ3) is 4.20. The van der Waals surface area contributed by atoms with Crippen LogP contribution in [0.4, 0.5) is 0 Å². The number of fused-ring (bicyclic) bond motifs is 2. The topological polar surface area (TPSA) is 89.8 Å². The lowest BCUT2D eigenvalue weighted by atomic mass is 9.95. The Labute approximate surface area is 175 Å². The highest BCUT2D eigenvalue weighted by atomic mass is 16.5. The molecule has 2 fully saturated rings. The first kappa shape index (κ1) is 20.1. The fourth-order valence-corrected chi connectivity index (χ4v) is 4.51. The number of benzene rings is 1. The smallest absolute Gasteiger partial charge is 0.268 e. The van der Waals surface area contributed by atoms with Crippen molar-refractivity contribution in [2.24, 2.45) is 11.8 Å². The summed E-state index contributed by atoms with van der Waals surface area (Å²) in [6.45, 7) is 0. The molecule has 1 aromatic heterocycles. The van der Waals surface area contributed by atoms with Gasteiger partial charge in [0.2, 0.25) is 0 Å². The number of furan rings is 1. The molecule has 2 aromatic rings. The van der Waals surface area contributed by atoms with Crippen molar-refractivity contribution < 1.29 is 23.5 Å². The van der Waals surface area contributed by atoms with Gasteiger partial charge in [-0.3, -0.25) is 9.59 Å². The molecule has 158 valence electrons. The van der Waals surface area contributed by atoms with E-state index in [0.29, 0.717) is 34.7 Å². The SMILES string of the molecule is COc1ccc(C(=O)N/C(=C\c2ccco2)C(=O)N[C@H]2C[C@@H]3CC[C@@H]2C3)cc1OC. The van der Waals surface area contributed by atoms with Crippen LogP contribution in [0.25, 0.3) is 6.08 Å². The van der Waals surface area contributed by atoms with Crippen LogP contribution in [0.2, 0.25) is 0 Å². The van der Waals surface area contributed by atoms with Crippen LogP contribution in [0.3, 0.4) is 0 Å². The number of amides is 2. The maximum absolute atomic E-state index is 13.0. The molecule has 1 aromatic carbocycles. The largest absolute Gasteiger partial charge is 0.493 e. The molecule has 2 bridgehead atoms. The van der Waals surface area contributed by atoms with Crippen molar-refractivity contribution in [3.05, 3.63) is 53.6 Å². The maximum Gasteiger partial charge on any atom is 0.268 e. The first-order chi connectivity index (χ1) is 14.6. The number of rotatable bonds is 7. The van der Waals surface area contributed by atoms with Crippen molar-refractivity contribution in [2.45, 2.75) is 31.7 Å². The highest BCUT2D eigenvalue weighted by Gasteiger charge is 2.40. The third-order valence-corrected chi connectivity index (χ3v) is 6.02. The summed E-state index contributed by atoms with van der Waals surface area (Å²) in [6.07, 6.45) is 7.66. The van der Waals surface area contributed by atoms with E-state index in [-0.39, 0.29) is 17.6 Å². The monoisotopic (exact) mass is 410 g/mol. The fourth-order valence-electron chi connectivity index (χ4n) is 4.51. The summed E-state index contributed by atoms with van der Waals surface area (Å²) in [6, 6.07) is 8.47. The summed E-state index contributed by atoms with van der Waals surface area (Å²) in [5.41, 5.74) is 0.498. The third-order valence-electron chi connectivity index (χ3n) is 6.02.